The number of anilines is 6. The minimum absolute atomic E-state index is 0.0902. The second kappa shape index (κ2) is 16.1. The summed E-state index contributed by atoms with van der Waals surface area (Å²) in [4.78, 5) is 29.1. The van der Waals surface area contributed by atoms with E-state index < -0.39 is 5.41 Å². The van der Waals surface area contributed by atoms with E-state index in [0.29, 0.717) is 0 Å². The van der Waals surface area contributed by atoms with Gasteiger partial charge in [0.25, 0.3) is 0 Å². The molecule has 1 fully saturated rings. The molecule has 1 aromatic heterocycles. The summed E-state index contributed by atoms with van der Waals surface area (Å²) in [7, 11) is 1.53. The average molecular weight is 811 g/mol. The van der Waals surface area contributed by atoms with E-state index >= 15 is 0 Å². The molecule has 0 spiro atoms. The highest BCUT2D eigenvalue weighted by Crippen LogP contribution is 2.58. The van der Waals surface area contributed by atoms with Crippen LogP contribution in [0.2, 0.25) is 0 Å². The molecule has 0 amide bonds. The fourth-order valence-corrected chi connectivity index (χ4v) is 10.7. The molecule has 6 heteroatoms. The Hall–Kier alpha value is -7.05. The van der Waals surface area contributed by atoms with Gasteiger partial charge < -0.3 is 14.5 Å². The SMILES string of the molecule is COC(=O)[C@]1(C)CCC[C@]2(C)c3ccc4nc(-c5ccc(N(c6ccccc6)c6ccccc6)cc5)c(-c5ccc(N(c6ccccc6)c6ccccc6)cc5)nc4c3CC[C@H]12. The Labute approximate surface area is 364 Å². The molecule has 8 aromatic rings. The van der Waals surface area contributed by atoms with Crippen molar-refractivity contribution >= 4 is 51.1 Å². The molecule has 0 radical (unpaired) electrons. The Kier molecular flexibility index (Phi) is 10.2. The standard InChI is InChI=1S/C56H50N4O2/c1-55-37-16-38-56(2,54(61)62-3)50(55)36-33-47-48(55)34-35-49-53(47)58-52(40-27-31-46(32-28-40)60(43-21-12-6-13-22-43)44-23-14-7-15-24-44)51(57-49)39-25-29-45(30-26-39)59(41-17-8-4-9-18-41)42-19-10-5-11-20-42/h4-15,17-32,34-35,50H,16,33,36-38H2,1-3H3/t50-,55+,56+/m0/s1. The predicted molar refractivity (Wildman–Crippen MR) is 253 cm³/mol. The molecule has 0 N–H and O–H groups in total. The first kappa shape index (κ1) is 39.1. The van der Waals surface area contributed by atoms with Crippen molar-refractivity contribution in [2.24, 2.45) is 11.3 Å². The highest BCUT2D eigenvalue weighted by molar-refractivity contribution is 5.90. The summed E-state index contributed by atoms with van der Waals surface area (Å²) in [6.45, 7) is 4.49. The lowest BCUT2D eigenvalue weighted by Gasteiger charge is -2.54. The summed E-state index contributed by atoms with van der Waals surface area (Å²) in [6.07, 6.45) is 4.58. The zero-order valence-electron chi connectivity index (χ0n) is 35.5. The molecule has 6 nitrogen and oxygen atoms in total. The summed E-state index contributed by atoms with van der Waals surface area (Å²) in [5, 5.41) is 0. The topological polar surface area (TPSA) is 58.6 Å². The number of rotatable bonds is 9. The third-order valence-electron chi connectivity index (χ3n) is 13.7. The largest absolute Gasteiger partial charge is 0.469 e. The van der Waals surface area contributed by atoms with E-state index in [9.17, 15) is 4.79 Å². The summed E-state index contributed by atoms with van der Waals surface area (Å²) >= 11 is 0. The van der Waals surface area contributed by atoms with Gasteiger partial charge in [-0.05, 0) is 134 Å². The van der Waals surface area contributed by atoms with Gasteiger partial charge in [0, 0.05) is 45.3 Å². The van der Waals surface area contributed by atoms with Gasteiger partial charge >= 0.3 is 5.97 Å². The first-order valence-electron chi connectivity index (χ1n) is 21.8. The monoisotopic (exact) mass is 810 g/mol. The molecule has 1 saturated carbocycles. The number of aryl methyl sites for hydroxylation is 1. The molecule has 10 rings (SSSR count). The molecule has 0 bridgehead atoms. The Balaban J connectivity index is 1.11. The van der Waals surface area contributed by atoms with Crippen molar-refractivity contribution in [3.63, 3.8) is 0 Å². The molecule has 2 aliphatic rings. The van der Waals surface area contributed by atoms with Crippen LogP contribution >= 0.6 is 0 Å². The van der Waals surface area contributed by atoms with Crippen LogP contribution in [0.3, 0.4) is 0 Å². The number of carbonyl (C=O) groups excluding carboxylic acids is 1. The van der Waals surface area contributed by atoms with Gasteiger partial charge in [-0.25, -0.2) is 9.97 Å². The summed E-state index contributed by atoms with van der Waals surface area (Å²) in [5.74, 6) is 0.0926. The Morgan fingerprint density at radius 2 is 0.984 bits per heavy atom. The molecule has 1 heterocycles. The summed E-state index contributed by atoms with van der Waals surface area (Å²) < 4.78 is 5.44. The van der Waals surface area contributed by atoms with E-state index in [1.807, 2.05) is 24.3 Å². The molecule has 3 atom stereocenters. The van der Waals surface area contributed by atoms with Crippen molar-refractivity contribution in [3.05, 3.63) is 193 Å². The lowest BCUT2D eigenvalue weighted by atomic mass is 9.49. The van der Waals surface area contributed by atoms with Crippen LogP contribution in [0.5, 0.6) is 0 Å². The van der Waals surface area contributed by atoms with Gasteiger partial charge in [0.1, 0.15) is 0 Å². The number of methoxy groups -OCH3 is 1. The van der Waals surface area contributed by atoms with Crippen molar-refractivity contribution in [1.29, 1.82) is 0 Å². The highest BCUT2D eigenvalue weighted by Gasteiger charge is 2.56. The number of benzene rings is 7. The van der Waals surface area contributed by atoms with E-state index in [-0.39, 0.29) is 17.3 Å². The fraction of sp³-hybridized carbons (Fsp3) is 0.196. The van der Waals surface area contributed by atoms with Crippen molar-refractivity contribution in [2.75, 3.05) is 16.9 Å². The van der Waals surface area contributed by atoms with Crippen LogP contribution in [0.15, 0.2) is 182 Å². The number of fused-ring (bicyclic) bond motifs is 5. The molecule has 2 aliphatic carbocycles. The fourth-order valence-electron chi connectivity index (χ4n) is 10.7. The van der Waals surface area contributed by atoms with E-state index in [1.165, 1.54) is 18.2 Å². The summed E-state index contributed by atoms with van der Waals surface area (Å²) in [5.41, 5.74) is 13.8. The molecular formula is C56H50N4O2. The molecule has 0 unspecified atom stereocenters. The van der Waals surface area contributed by atoms with Crippen LogP contribution in [-0.2, 0) is 21.4 Å². The van der Waals surface area contributed by atoms with Gasteiger partial charge in [-0.15, -0.1) is 0 Å². The number of carbonyl (C=O) groups is 1. The second-order valence-corrected chi connectivity index (χ2v) is 17.3. The minimum Gasteiger partial charge on any atom is -0.469 e. The zero-order chi connectivity index (χ0) is 42.3. The number of hydrogen-bond acceptors (Lipinski definition) is 6. The molecule has 62 heavy (non-hydrogen) atoms. The van der Waals surface area contributed by atoms with E-state index in [2.05, 4.69) is 181 Å². The first-order chi connectivity index (χ1) is 30.4. The third-order valence-corrected chi connectivity index (χ3v) is 13.7. The van der Waals surface area contributed by atoms with Crippen LogP contribution in [0.25, 0.3) is 33.5 Å². The maximum absolute atomic E-state index is 13.4. The smallest absolute Gasteiger partial charge is 0.311 e. The van der Waals surface area contributed by atoms with E-state index in [4.69, 9.17) is 14.7 Å². The highest BCUT2D eigenvalue weighted by atomic mass is 16.5. The van der Waals surface area contributed by atoms with Crippen molar-refractivity contribution in [1.82, 2.24) is 9.97 Å². The maximum Gasteiger partial charge on any atom is 0.311 e. The Bertz CT molecular complexity index is 2770. The van der Waals surface area contributed by atoms with Gasteiger partial charge in [-0.1, -0.05) is 116 Å². The van der Waals surface area contributed by atoms with E-state index in [1.54, 1.807) is 0 Å². The quantitative estimate of drug-likeness (QED) is 0.135. The number of nitrogens with zero attached hydrogens (tertiary/aromatic N) is 4. The van der Waals surface area contributed by atoms with Crippen LogP contribution in [0, 0.1) is 11.3 Å². The van der Waals surface area contributed by atoms with Crippen molar-refractivity contribution < 1.29 is 9.53 Å². The van der Waals surface area contributed by atoms with Gasteiger partial charge in [0.05, 0.1) is 34.9 Å². The molecule has 0 aliphatic heterocycles. The molecule has 306 valence electrons. The van der Waals surface area contributed by atoms with Crippen LogP contribution < -0.4 is 9.80 Å². The average Bonchev–Trinajstić information content (AvgIpc) is 3.33. The van der Waals surface area contributed by atoms with Gasteiger partial charge in [0.15, 0.2) is 0 Å². The lowest BCUT2D eigenvalue weighted by Crippen LogP contribution is -2.52. The normalized spacial score (nSPS) is 19.2. The predicted octanol–water partition coefficient (Wildman–Crippen LogP) is 14.1. The molecule has 7 aromatic carbocycles. The lowest BCUT2D eigenvalue weighted by molar-refractivity contribution is -0.161. The van der Waals surface area contributed by atoms with Gasteiger partial charge in [-0.3, -0.25) is 4.79 Å². The first-order valence-corrected chi connectivity index (χ1v) is 21.8. The number of para-hydroxylation sites is 4. The van der Waals surface area contributed by atoms with Gasteiger partial charge in [0.2, 0.25) is 0 Å². The number of esters is 1. The van der Waals surface area contributed by atoms with Crippen molar-refractivity contribution in [2.45, 2.75) is 51.4 Å². The summed E-state index contributed by atoms with van der Waals surface area (Å²) in [6, 6.07) is 63.8. The zero-order valence-corrected chi connectivity index (χ0v) is 35.5. The third kappa shape index (κ3) is 6.80. The maximum atomic E-state index is 13.4. The minimum atomic E-state index is -0.521. The van der Waals surface area contributed by atoms with Crippen LogP contribution in [0.1, 0.15) is 50.7 Å². The van der Waals surface area contributed by atoms with Crippen LogP contribution in [-0.4, -0.2) is 23.0 Å². The number of ether oxygens (including phenoxy) is 1. The number of aromatic nitrogens is 2. The molecule has 0 saturated heterocycles. The second-order valence-electron chi connectivity index (χ2n) is 17.3. The van der Waals surface area contributed by atoms with Crippen LogP contribution in [0.4, 0.5) is 34.1 Å². The Morgan fingerprint density at radius 1 is 0.548 bits per heavy atom. The number of hydrogen-bond donors (Lipinski definition) is 0. The van der Waals surface area contributed by atoms with Crippen molar-refractivity contribution in [3.8, 4) is 22.5 Å². The van der Waals surface area contributed by atoms with E-state index in [0.717, 1.165) is 99.8 Å². The Morgan fingerprint density at radius 3 is 1.44 bits per heavy atom. The van der Waals surface area contributed by atoms with Gasteiger partial charge in [-0.2, -0.15) is 0 Å². The molecular weight excluding hydrogens is 761 g/mol.